The molecular weight excluding hydrogens is 212 g/mol. The van der Waals surface area contributed by atoms with Gasteiger partial charge in [-0.2, -0.15) is 0 Å². The van der Waals surface area contributed by atoms with Gasteiger partial charge in [-0.15, -0.1) is 11.8 Å². The fraction of sp³-hybridized carbons (Fsp3) is 0.900. The molecule has 1 saturated heterocycles. The Labute approximate surface area is 94.2 Å². The lowest BCUT2D eigenvalue weighted by molar-refractivity contribution is -0.123. The van der Waals surface area contributed by atoms with E-state index < -0.39 is 0 Å². The molecule has 0 aromatic heterocycles. The van der Waals surface area contributed by atoms with Crippen LogP contribution in [0.5, 0.6) is 0 Å². The van der Waals surface area contributed by atoms with Crippen LogP contribution < -0.4 is 10.6 Å². The first-order chi connectivity index (χ1) is 7.25. The second kappa shape index (κ2) is 5.18. The Morgan fingerprint density at radius 3 is 3.00 bits per heavy atom. The maximum atomic E-state index is 11.8. The summed E-state index contributed by atoms with van der Waals surface area (Å²) in [7, 11) is 0. The van der Waals surface area contributed by atoms with E-state index in [0.29, 0.717) is 6.42 Å². The lowest BCUT2D eigenvalue weighted by Gasteiger charge is -2.27. The largest absolute Gasteiger partial charge is 0.393 e. The predicted octanol–water partition coefficient (Wildman–Crippen LogP) is 0.0686. The minimum Gasteiger partial charge on any atom is -0.393 e. The summed E-state index contributed by atoms with van der Waals surface area (Å²) in [4.78, 5) is 11.8. The molecule has 4 nitrogen and oxygen atoms in total. The van der Waals surface area contributed by atoms with E-state index >= 15 is 0 Å². The fourth-order valence-electron chi connectivity index (χ4n) is 2.16. The summed E-state index contributed by atoms with van der Waals surface area (Å²) in [6.45, 7) is 0. The average molecular weight is 230 g/mol. The topological polar surface area (TPSA) is 61.4 Å². The van der Waals surface area contributed by atoms with Gasteiger partial charge in [0.05, 0.1) is 12.1 Å². The molecule has 0 bridgehead atoms. The highest BCUT2D eigenvalue weighted by Crippen LogP contribution is 2.19. The molecule has 3 N–H and O–H groups in total. The van der Waals surface area contributed by atoms with Crippen LogP contribution in [0.2, 0.25) is 0 Å². The minimum atomic E-state index is -0.227. The number of thioether (sulfide) groups is 1. The summed E-state index contributed by atoms with van der Waals surface area (Å²) in [5.74, 6) is 1.83. The third-order valence-electron chi connectivity index (χ3n) is 3.03. The molecule has 0 spiro atoms. The van der Waals surface area contributed by atoms with Crippen LogP contribution in [0, 0.1) is 0 Å². The van der Waals surface area contributed by atoms with E-state index in [1.54, 1.807) is 11.8 Å². The van der Waals surface area contributed by atoms with Crippen molar-refractivity contribution in [1.29, 1.82) is 0 Å². The number of carbonyl (C=O) groups excluding carboxylic acids is 1. The summed E-state index contributed by atoms with van der Waals surface area (Å²) in [6.07, 6.45) is 3.38. The van der Waals surface area contributed by atoms with Crippen molar-refractivity contribution >= 4 is 17.7 Å². The molecule has 0 radical (unpaired) electrons. The second-order valence-electron chi connectivity index (χ2n) is 4.30. The summed E-state index contributed by atoms with van der Waals surface area (Å²) >= 11 is 1.75. The van der Waals surface area contributed by atoms with E-state index in [-0.39, 0.29) is 24.1 Å². The van der Waals surface area contributed by atoms with Gasteiger partial charge in [-0.25, -0.2) is 0 Å². The maximum Gasteiger partial charge on any atom is 0.238 e. The van der Waals surface area contributed by atoms with Crippen molar-refractivity contribution in [2.45, 2.75) is 43.9 Å². The number of aliphatic hydroxyl groups is 1. The Bertz CT molecular complexity index is 231. The highest BCUT2D eigenvalue weighted by molar-refractivity contribution is 7.99. The molecule has 0 aromatic rings. The zero-order valence-electron chi connectivity index (χ0n) is 8.74. The molecule has 1 aliphatic carbocycles. The summed E-state index contributed by atoms with van der Waals surface area (Å²) in [6, 6.07) is 0.141. The van der Waals surface area contributed by atoms with Crippen molar-refractivity contribution < 1.29 is 9.90 Å². The zero-order valence-corrected chi connectivity index (χ0v) is 9.55. The number of nitrogens with one attached hydrogen (secondary N) is 2. The van der Waals surface area contributed by atoms with Gasteiger partial charge in [0.15, 0.2) is 0 Å². The monoisotopic (exact) mass is 230 g/mol. The van der Waals surface area contributed by atoms with Crippen molar-refractivity contribution in [3.8, 4) is 0 Å². The van der Waals surface area contributed by atoms with Crippen LogP contribution in [0.4, 0.5) is 0 Å². The van der Waals surface area contributed by atoms with Gasteiger partial charge < -0.3 is 10.4 Å². The molecule has 86 valence electrons. The Balaban J connectivity index is 1.77. The number of hydrogen-bond acceptors (Lipinski definition) is 4. The number of amides is 1. The van der Waals surface area contributed by atoms with E-state index in [2.05, 4.69) is 10.6 Å². The standard InChI is InChI=1S/C10H18N2O2S/c13-8-3-1-2-7(4-8)12-10(14)9-5-15-6-11-9/h7-9,11,13H,1-6H2,(H,12,14). The molecule has 0 aromatic carbocycles. The Hall–Kier alpha value is -0.260. The summed E-state index contributed by atoms with van der Waals surface area (Å²) in [5, 5.41) is 15.6. The average Bonchev–Trinajstić information content (AvgIpc) is 2.70. The molecule has 1 amide bonds. The van der Waals surface area contributed by atoms with E-state index in [0.717, 1.165) is 30.9 Å². The number of rotatable bonds is 2. The quantitative estimate of drug-likeness (QED) is 0.628. The van der Waals surface area contributed by atoms with Gasteiger partial charge in [-0.05, 0) is 25.7 Å². The van der Waals surface area contributed by atoms with Gasteiger partial charge in [0.25, 0.3) is 0 Å². The van der Waals surface area contributed by atoms with Crippen LogP contribution >= 0.6 is 11.8 Å². The molecule has 15 heavy (non-hydrogen) atoms. The van der Waals surface area contributed by atoms with E-state index in [9.17, 15) is 9.90 Å². The first-order valence-electron chi connectivity index (χ1n) is 5.55. The molecule has 3 atom stereocenters. The molecule has 2 rings (SSSR count). The van der Waals surface area contributed by atoms with Crippen molar-refractivity contribution in [2.75, 3.05) is 11.6 Å². The lowest BCUT2D eigenvalue weighted by atomic mass is 9.93. The normalized spacial score (nSPS) is 36.5. The van der Waals surface area contributed by atoms with Crippen LogP contribution in [0.25, 0.3) is 0 Å². The maximum absolute atomic E-state index is 11.8. The zero-order chi connectivity index (χ0) is 10.7. The van der Waals surface area contributed by atoms with E-state index in [4.69, 9.17) is 0 Å². The molecule has 2 aliphatic rings. The molecule has 1 saturated carbocycles. The van der Waals surface area contributed by atoms with E-state index in [1.165, 1.54) is 0 Å². The van der Waals surface area contributed by atoms with Gasteiger partial charge in [0, 0.05) is 17.7 Å². The van der Waals surface area contributed by atoms with Gasteiger partial charge in [0.2, 0.25) is 5.91 Å². The molecule has 5 heteroatoms. The van der Waals surface area contributed by atoms with Crippen LogP contribution in [-0.2, 0) is 4.79 Å². The van der Waals surface area contributed by atoms with Gasteiger partial charge >= 0.3 is 0 Å². The first-order valence-corrected chi connectivity index (χ1v) is 6.71. The van der Waals surface area contributed by atoms with Gasteiger partial charge in [-0.1, -0.05) is 0 Å². The summed E-state index contributed by atoms with van der Waals surface area (Å²) < 4.78 is 0. The highest BCUT2D eigenvalue weighted by Gasteiger charge is 2.27. The van der Waals surface area contributed by atoms with Crippen molar-refractivity contribution in [3.05, 3.63) is 0 Å². The number of carbonyl (C=O) groups is 1. The third kappa shape index (κ3) is 3.09. The van der Waals surface area contributed by atoms with Crippen LogP contribution in [0.1, 0.15) is 25.7 Å². The molecular formula is C10H18N2O2S. The Morgan fingerprint density at radius 1 is 1.47 bits per heavy atom. The third-order valence-corrected chi connectivity index (χ3v) is 3.97. The molecule has 1 aliphatic heterocycles. The van der Waals surface area contributed by atoms with Crippen LogP contribution in [0.3, 0.4) is 0 Å². The highest BCUT2D eigenvalue weighted by atomic mass is 32.2. The molecule has 1 heterocycles. The Morgan fingerprint density at radius 2 is 2.33 bits per heavy atom. The van der Waals surface area contributed by atoms with Crippen LogP contribution in [0.15, 0.2) is 0 Å². The molecule has 2 fully saturated rings. The van der Waals surface area contributed by atoms with E-state index in [1.807, 2.05) is 0 Å². The van der Waals surface area contributed by atoms with Gasteiger partial charge in [-0.3, -0.25) is 10.1 Å². The van der Waals surface area contributed by atoms with Crippen LogP contribution in [-0.4, -0.2) is 40.8 Å². The van der Waals surface area contributed by atoms with Crippen molar-refractivity contribution in [2.24, 2.45) is 0 Å². The lowest BCUT2D eigenvalue weighted by Crippen LogP contribution is -2.48. The fourth-order valence-corrected chi connectivity index (χ4v) is 3.10. The van der Waals surface area contributed by atoms with Crippen molar-refractivity contribution in [1.82, 2.24) is 10.6 Å². The predicted molar refractivity (Wildman–Crippen MR) is 60.7 cm³/mol. The smallest absolute Gasteiger partial charge is 0.238 e. The second-order valence-corrected chi connectivity index (χ2v) is 5.33. The number of hydrogen-bond donors (Lipinski definition) is 3. The minimum absolute atomic E-state index is 0.0333. The molecule has 3 unspecified atom stereocenters. The summed E-state index contributed by atoms with van der Waals surface area (Å²) in [5.41, 5.74) is 0. The first kappa shape index (κ1) is 11.2. The number of aliphatic hydroxyl groups excluding tert-OH is 1. The Kier molecular flexibility index (Phi) is 3.88. The SMILES string of the molecule is O=C(NC1CCCC(O)C1)C1CSCN1. The van der Waals surface area contributed by atoms with Gasteiger partial charge in [0.1, 0.15) is 0 Å². The van der Waals surface area contributed by atoms with Crippen molar-refractivity contribution in [3.63, 3.8) is 0 Å².